The van der Waals surface area contributed by atoms with Crippen LogP contribution in [0.2, 0.25) is 0 Å². The lowest BCUT2D eigenvalue weighted by Gasteiger charge is -2.19. The van der Waals surface area contributed by atoms with Crippen molar-refractivity contribution in [3.63, 3.8) is 0 Å². The molecular formula is C9H19NOS. The molecule has 0 amide bonds. The zero-order valence-electron chi connectivity index (χ0n) is 8.08. The molecule has 0 aromatic heterocycles. The number of thiol groups is 1. The Morgan fingerprint density at radius 2 is 2.08 bits per heavy atom. The molecule has 0 aliphatic heterocycles. The van der Waals surface area contributed by atoms with E-state index in [4.69, 9.17) is 4.74 Å². The topological polar surface area (TPSA) is 21.3 Å². The molecule has 3 heteroatoms. The highest BCUT2D eigenvalue weighted by Crippen LogP contribution is 2.26. The third-order valence-electron chi connectivity index (χ3n) is 2.37. The van der Waals surface area contributed by atoms with Gasteiger partial charge in [0.2, 0.25) is 0 Å². The van der Waals surface area contributed by atoms with Crippen molar-refractivity contribution in [2.24, 2.45) is 0 Å². The molecule has 1 fully saturated rings. The highest BCUT2D eigenvalue weighted by atomic mass is 32.1. The van der Waals surface area contributed by atoms with Crippen LogP contribution in [-0.4, -0.2) is 30.5 Å². The highest BCUT2D eigenvalue weighted by molar-refractivity contribution is 7.81. The number of hydrogen-bond donors (Lipinski definition) is 2. The molecule has 0 heterocycles. The smallest absolute Gasteiger partial charge is 0.0597 e. The van der Waals surface area contributed by atoms with Gasteiger partial charge >= 0.3 is 0 Å². The Hall–Kier alpha value is 0.270. The van der Waals surface area contributed by atoms with Gasteiger partial charge in [0.05, 0.1) is 6.10 Å². The molecule has 0 spiro atoms. The van der Waals surface area contributed by atoms with Crippen LogP contribution in [0.1, 0.15) is 26.7 Å². The predicted molar refractivity (Wildman–Crippen MR) is 54.9 cm³/mol. The van der Waals surface area contributed by atoms with Crippen LogP contribution in [0.25, 0.3) is 0 Å². The first-order valence-corrected chi connectivity index (χ1v) is 5.12. The Bertz CT molecular complexity index is 140. The first kappa shape index (κ1) is 10.4. The van der Waals surface area contributed by atoms with Crippen LogP contribution in [0.15, 0.2) is 0 Å². The van der Waals surface area contributed by atoms with E-state index < -0.39 is 0 Å². The molecule has 0 aromatic rings. The summed E-state index contributed by atoms with van der Waals surface area (Å²) in [5.74, 6) is 0. The average Bonchev–Trinajstić information content (AvgIpc) is 2.31. The van der Waals surface area contributed by atoms with Gasteiger partial charge in [-0.15, -0.1) is 0 Å². The maximum Gasteiger partial charge on any atom is 0.0597 e. The molecular weight excluding hydrogens is 170 g/mol. The number of rotatable bonds is 3. The molecule has 1 N–H and O–H groups in total. The highest BCUT2D eigenvalue weighted by Gasteiger charge is 2.31. The van der Waals surface area contributed by atoms with E-state index in [-0.39, 0.29) is 0 Å². The van der Waals surface area contributed by atoms with Crippen LogP contribution >= 0.6 is 12.6 Å². The summed E-state index contributed by atoms with van der Waals surface area (Å²) >= 11 is 4.53. The van der Waals surface area contributed by atoms with E-state index in [0.717, 1.165) is 12.8 Å². The molecule has 1 rings (SSSR count). The molecule has 12 heavy (non-hydrogen) atoms. The van der Waals surface area contributed by atoms with Crippen molar-refractivity contribution in [2.75, 3.05) is 7.11 Å². The second-order valence-corrected chi connectivity index (χ2v) is 4.49. The van der Waals surface area contributed by atoms with Gasteiger partial charge in [0.15, 0.2) is 0 Å². The molecule has 0 bridgehead atoms. The molecule has 1 aliphatic rings. The molecule has 3 atom stereocenters. The third kappa shape index (κ3) is 2.64. The minimum absolute atomic E-state index is 0.406. The lowest BCUT2D eigenvalue weighted by molar-refractivity contribution is 0.107. The van der Waals surface area contributed by atoms with Crippen LogP contribution in [-0.2, 0) is 4.74 Å². The Kier molecular flexibility index (Phi) is 3.87. The lowest BCUT2D eigenvalue weighted by atomic mass is 10.2. The van der Waals surface area contributed by atoms with Crippen LogP contribution in [0, 0.1) is 0 Å². The molecule has 0 unspecified atom stereocenters. The fraction of sp³-hybridized carbons (Fsp3) is 1.00. The summed E-state index contributed by atoms with van der Waals surface area (Å²) in [6.07, 6.45) is 2.58. The Morgan fingerprint density at radius 1 is 1.42 bits per heavy atom. The molecule has 0 aromatic carbocycles. The van der Waals surface area contributed by atoms with Crippen molar-refractivity contribution in [1.82, 2.24) is 5.32 Å². The summed E-state index contributed by atoms with van der Waals surface area (Å²) in [6.45, 7) is 4.33. The molecule has 72 valence electrons. The van der Waals surface area contributed by atoms with Crippen molar-refractivity contribution >= 4 is 12.6 Å². The van der Waals surface area contributed by atoms with Gasteiger partial charge in [0.1, 0.15) is 0 Å². The van der Waals surface area contributed by atoms with Gasteiger partial charge in [-0.05, 0) is 12.8 Å². The van der Waals surface area contributed by atoms with Crippen LogP contribution in [0.3, 0.4) is 0 Å². The number of ether oxygens (including phenoxy) is 1. The predicted octanol–water partition coefficient (Wildman–Crippen LogP) is 1.46. The largest absolute Gasteiger partial charge is 0.381 e. The zero-order valence-corrected chi connectivity index (χ0v) is 8.97. The van der Waals surface area contributed by atoms with Crippen molar-refractivity contribution in [1.29, 1.82) is 0 Å². The van der Waals surface area contributed by atoms with Gasteiger partial charge < -0.3 is 10.1 Å². The SMILES string of the molecule is CO[C@@H]1C[C@H](NC(C)C)[C@@H](S)C1. The fourth-order valence-corrected chi connectivity index (χ4v) is 2.21. The second kappa shape index (κ2) is 4.49. The Labute approximate surface area is 80.5 Å². The number of nitrogens with one attached hydrogen (secondary N) is 1. The van der Waals surface area contributed by atoms with Gasteiger partial charge in [0, 0.05) is 24.4 Å². The Balaban J connectivity index is 2.35. The van der Waals surface area contributed by atoms with E-state index in [1.807, 2.05) is 0 Å². The molecule has 2 nitrogen and oxygen atoms in total. The maximum atomic E-state index is 5.30. The number of methoxy groups -OCH3 is 1. The van der Waals surface area contributed by atoms with Crippen LogP contribution < -0.4 is 5.32 Å². The van der Waals surface area contributed by atoms with E-state index in [1.165, 1.54) is 0 Å². The van der Waals surface area contributed by atoms with E-state index in [0.29, 0.717) is 23.4 Å². The average molecular weight is 189 g/mol. The summed E-state index contributed by atoms with van der Waals surface area (Å²) < 4.78 is 5.30. The lowest BCUT2D eigenvalue weighted by Crippen LogP contribution is -2.38. The van der Waals surface area contributed by atoms with Crippen molar-refractivity contribution in [2.45, 2.75) is 50.1 Å². The summed E-state index contributed by atoms with van der Waals surface area (Å²) in [6, 6.07) is 1.07. The van der Waals surface area contributed by atoms with Crippen molar-refractivity contribution in [3.05, 3.63) is 0 Å². The zero-order chi connectivity index (χ0) is 9.14. The summed E-state index contributed by atoms with van der Waals surface area (Å²) in [7, 11) is 1.78. The third-order valence-corrected chi connectivity index (χ3v) is 2.94. The van der Waals surface area contributed by atoms with Gasteiger partial charge in [-0.2, -0.15) is 12.6 Å². The normalized spacial score (nSPS) is 36.2. The Morgan fingerprint density at radius 3 is 2.50 bits per heavy atom. The first-order chi connectivity index (χ1) is 5.63. The maximum absolute atomic E-state index is 5.30. The quantitative estimate of drug-likeness (QED) is 0.656. The van der Waals surface area contributed by atoms with E-state index in [9.17, 15) is 0 Å². The second-order valence-electron chi connectivity index (χ2n) is 3.82. The standard InChI is InChI=1S/C9H19NOS/c1-6(2)10-8-4-7(11-3)5-9(8)12/h6-10,12H,4-5H2,1-3H3/t7-,8+,9+/m1/s1. The van der Waals surface area contributed by atoms with Crippen LogP contribution in [0.5, 0.6) is 0 Å². The minimum atomic E-state index is 0.406. The van der Waals surface area contributed by atoms with Gasteiger partial charge in [-0.1, -0.05) is 13.8 Å². The van der Waals surface area contributed by atoms with E-state index in [2.05, 4.69) is 31.8 Å². The fourth-order valence-electron chi connectivity index (χ4n) is 1.77. The molecule has 0 radical (unpaired) electrons. The monoisotopic (exact) mass is 189 g/mol. The van der Waals surface area contributed by atoms with E-state index >= 15 is 0 Å². The van der Waals surface area contributed by atoms with E-state index in [1.54, 1.807) is 7.11 Å². The summed E-state index contributed by atoms with van der Waals surface area (Å²) in [5.41, 5.74) is 0. The van der Waals surface area contributed by atoms with Gasteiger partial charge in [-0.25, -0.2) is 0 Å². The molecule has 1 aliphatic carbocycles. The van der Waals surface area contributed by atoms with Gasteiger partial charge in [-0.3, -0.25) is 0 Å². The summed E-state index contributed by atoms with van der Waals surface area (Å²) in [5, 5.41) is 3.96. The van der Waals surface area contributed by atoms with Crippen molar-refractivity contribution < 1.29 is 4.74 Å². The minimum Gasteiger partial charge on any atom is -0.381 e. The summed E-state index contributed by atoms with van der Waals surface area (Å²) in [4.78, 5) is 0. The van der Waals surface area contributed by atoms with Crippen molar-refractivity contribution in [3.8, 4) is 0 Å². The first-order valence-electron chi connectivity index (χ1n) is 4.60. The number of hydrogen-bond acceptors (Lipinski definition) is 3. The molecule has 1 saturated carbocycles. The molecule has 0 saturated heterocycles. The van der Waals surface area contributed by atoms with Crippen LogP contribution in [0.4, 0.5) is 0 Å². The van der Waals surface area contributed by atoms with Gasteiger partial charge in [0.25, 0.3) is 0 Å².